The molecular formula is C19H21N5O4. The van der Waals surface area contributed by atoms with E-state index in [1.807, 2.05) is 6.07 Å². The molecule has 0 spiro atoms. The number of nitro benzene ring substituents is 1. The number of nitrogens with zero attached hydrogens (tertiary/aromatic N) is 2. The van der Waals surface area contributed by atoms with Gasteiger partial charge >= 0.3 is 6.03 Å². The number of benzene rings is 2. The minimum atomic E-state index is -0.440. The summed E-state index contributed by atoms with van der Waals surface area (Å²) in [7, 11) is 0. The maximum absolute atomic E-state index is 11.9. The van der Waals surface area contributed by atoms with Gasteiger partial charge in [-0.3, -0.25) is 20.5 Å². The van der Waals surface area contributed by atoms with Gasteiger partial charge in [-0.2, -0.15) is 5.10 Å². The van der Waals surface area contributed by atoms with Crippen LogP contribution in [0.15, 0.2) is 42.5 Å². The summed E-state index contributed by atoms with van der Waals surface area (Å²) in [6, 6.07) is 11.3. The van der Waals surface area contributed by atoms with Gasteiger partial charge in [0, 0.05) is 24.1 Å². The van der Waals surface area contributed by atoms with E-state index in [2.05, 4.69) is 27.8 Å². The highest BCUT2D eigenvalue weighted by molar-refractivity contribution is 5.99. The first-order valence-corrected chi connectivity index (χ1v) is 8.96. The molecule has 0 aliphatic rings. The van der Waals surface area contributed by atoms with Crippen LogP contribution in [-0.2, 0) is 6.61 Å². The Labute approximate surface area is 161 Å². The van der Waals surface area contributed by atoms with E-state index in [1.54, 1.807) is 24.3 Å². The number of unbranched alkanes of at least 4 members (excludes halogenated alkanes) is 1. The number of non-ortho nitro benzene ring substituents is 1. The first-order chi connectivity index (χ1) is 13.6. The molecule has 0 saturated carbocycles. The lowest BCUT2D eigenvalue weighted by atomic mass is 10.2. The van der Waals surface area contributed by atoms with Crippen molar-refractivity contribution in [2.24, 2.45) is 0 Å². The van der Waals surface area contributed by atoms with Gasteiger partial charge in [-0.05, 0) is 42.3 Å². The highest BCUT2D eigenvalue weighted by Gasteiger charge is 2.10. The second-order valence-electron chi connectivity index (χ2n) is 6.23. The summed E-state index contributed by atoms with van der Waals surface area (Å²) in [5, 5.41) is 23.9. The average Bonchev–Trinajstić information content (AvgIpc) is 3.09. The van der Waals surface area contributed by atoms with E-state index in [0.717, 1.165) is 29.3 Å². The van der Waals surface area contributed by atoms with E-state index >= 15 is 0 Å². The molecule has 3 rings (SSSR count). The summed E-state index contributed by atoms with van der Waals surface area (Å²) >= 11 is 0. The Morgan fingerprint density at radius 3 is 2.75 bits per heavy atom. The molecule has 0 aliphatic heterocycles. The Hall–Kier alpha value is -3.62. The van der Waals surface area contributed by atoms with Crippen LogP contribution in [0.2, 0.25) is 0 Å². The molecule has 2 amide bonds. The monoisotopic (exact) mass is 383 g/mol. The third-order valence-electron chi connectivity index (χ3n) is 4.13. The number of urea groups is 1. The number of nitrogens with one attached hydrogen (secondary N) is 3. The molecule has 0 bridgehead atoms. The van der Waals surface area contributed by atoms with Gasteiger partial charge in [0.15, 0.2) is 5.82 Å². The van der Waals surface area contributed by atoms with Gasteiger partial charge in [-0.15, -0.1) is 0 Å². The second-order valence-corrected chi connectivity index (χ2v) is 6.23. The fourth-order valence-corrected chi connectivity index (χ4v) is 2.59. The summed E-state index contributed by atoms with van der Waals surface area (Å²) in [4.78, 5) is 22.2. The average molecular weight is 383 g/mol. The first kappa shape index (κ1) is 19.2. The highest BCUT2D eigenvalue weighted by atomic mass is 16.6. The SMILES string of the molecule is CCCCNC(=O)Nc1n[nH]c2ccc(OCc3ccc([N+](=O)[O-])cc3)cc12. The molecule has 2 aromatic carbocycles. The van der Waals surface area contributed by atoms with Crippen molar-refractivity contribution in [1.29, 1.82) is 0 Å². The summed E-state index contributed by atoms with van der Waals surface area (Å²) in [5.74, 6) is 1.02. The van der Waals surface area contributed by atoms with E-state index in [4.69, 9.17) is 4.74 Å². The van der Waals surface area contributed by atoms with Crippen molar-refractivity contribution in [3.8, 4) is 5.75 Å². The molecule has 9 heteroatoms. The van der Waals surface area contributed by atoms with Crippen LogP contribution in [0.4, 0.5) is 16.3 Å². The number of nitro groups is 1. The molecule has 28 heavy (non-hydrogen) atoms. The number of anilines is 1. The van der Waals surface area contributed by atoms with E-state index in [9.17, 15) is 14.9 Å². The third-order valence-corrected chi connectivity index (χ3v) is 4.13. The Morgan fingerprint density at radius 1 is 1.25 bits per heavy atom. The highest BCUT2D eigenvalue weighted by Crippen LogP contribution is 2.26. The number of carbonyl (C=O) groups excluding carboxylic acids is 1. The number of fused-ring (bicyclic) bond motifs is 1. The van der Waals surface area contributed by atoms with Crippen molar-refractivity contribution in [2.75, 3.05) is 11.9 Å². The number of aromatic amines is 1. The van der Waals surface area contributed by atoms with Gasteiger partial charge in [0.25, 0.3) is 5.69 Å². The van der Waals surface area contributed by atoms with Gasteiger partial charge in [0.1, 0.15) is 12.4 Å². The maximum Gasteiger partial charge on any atom is 0.320 e. The molecule has 146 valence electrons. The molecule has 0 fully saturated rings. The van der Waals surface area contributed by atoms with E-state index in [1.165, 1.54) is 12.1 Å². The number of hydrogen-bond acceptors (Lipinski definition) is 5. The number of rotatable bonds is 8. The minimum Gasteiger partial charge on any atom is -0.489 e. The lowest BCUT2D eigenvalue weighted by molar-refractivity contribution is -0.384. The lowest BCUT2D eigenvalue weighted by Gasteiger charge is -2.07. The predicted molar refractivity (Wildman–Crippen MR) is 105 cm³/mol. The zero-order chi connectivity index (χ0) is 19.9. The van der Waals surface area contributed by atoms with Gasteiger partial charge in [0.05, 0.1) is 10.4 Å². The van der Waals surface area contributed by atoms with Crippen molar-refractivity contribution in [2.45, 2.75) is 26.4 Å². The second kappa shape index (κ2) is 8.85. The number of carbonyl (C=O) groups is 1. The van der Waals surface area contributed by atoms with E-state index in [0.29, 0.717) is 18.1 Å². The molecule has 0 unspecified atom stereocenters. The van der Waals surface area contributed by atoms with Crippen LogP contribution < -0.4 is 15.4 Å². The van der Waals surface area contributed by atoms with Crippen LogP contribution in [0.1, 0.15) is 25.3 Å². The summed E-state index contributed by atoms with van der Waals surface area (Å²) in [6.45, 7) is 2.93. The van der Waals surface area contributed by atoms with Crippen LogP contribution in [0.3, 0.4) is 0 Å². The topological polar surface area (TPSA) is 122 Å². The molecule has 0 saturated heterocycles. The first-order valence-electron chi connectivity index (χ1n) is 8.96. The Morgan fingerprint density at radius 2 is 2.04 bits per heavy atom. The number of hydrogen-bond donors (Lipinski definition) is 3. The van der Waals surface area contributed by atoms with Crippen LogP contribution in [0.5, 0.6) is 5.75 Å². The van der Waals surface area contributed by atoms with Crippen LogP contribution in [0.25, 0.3) is 10.9 Å². The summed E-state index contributed by atoms with van der Waals surface area (Å²) in [6.07, 6.45) is 1.91. The van der Waals surface area contributed by atoms with Crippen molar-refractivity contribution < 1.29 is 14.5 Å². The fraction of sp³-hybridized carbons (Fsp3) is 0.263. The third kappa shape index (κ3) is 4.76. The zero-order valence-electron chi connectivity index (χ0n) is 15.4. The molecule has 3 aromatic rings. The van der Waals surface area contributed by atoms with Crippen LogP contribution in [-0.4, -0.2) is 27.7 Å². The van der Waals surface area contributed by atoms with Gasteiger partial charge in [0.2, 0.25) is 0 Å². The van der Waals surface area contributed by atoms with Gasteiger partial charge < -0.3 is 10.1 Å². The number of aromatic nitrogens is 2. The Kier molecular flexibility index (Phi) is 6.05. The smallest absolute Gasteiger partial charge is 0.320 e. The van der Waals surface area contributed by atoms with Crippen molar-refractivity contribution in [3.05, 3.63) is 58.1 Å². The molecule has 3 N–H and O–H groups in total. The maximum atomic E-state index is 11.9. The van der Waals surface area contributed by atoms with Gasteiger partial charge in [-0.1, -0.05) is 13.3 Å². The van der Waals surface area contributed by atoms with E-state index < -0.39 is 4.92 Å². The number of H-pyrrole nitrogens is 1. The van der Waals surface area contributed by atoms with Gasteiger partial charge in [-0.25, -0.2) is 4.79 Å². The minimum absolute atomic E-state index is 0.0384. The predicted octanol–water partition coefficient (Wildman–Crippen LogP) is 3.97. The lowest BCUT2D eigenvalue weighted by Crippen LogP contribution is -2.29. The Balaban J connectivity index is 1.66. The van der Waals surface area contributed by atoms with Crippen molar-refractivity contribution in [1.82, 2.24) is 15.5 Å². The molecular weight excluding hydrogens is 362 g/mol. The van der Waals surface area contributed by atoms with Crippen LogP contribution in [0, 0.1) is 10.1 Å². The quantitative estimate of drug-likeness (QED) is 0.309. The fourth-order valence-electron chi connectivity index (χ4n) is 2.59. The Bertz CT molecular complexity index is 968. The summed E-state index contributed by atoms with van der Waals surface area (Å²) < 4.78 is 5.77. The summed E-state index contributed by atoms with van der Waals surface area (Å²) in [5.41, 5.74) is 1.62. The normalized spacial score (nSPS) is 10.6. The van der Waals surface area contributed by atoms with E-state index in [-0.39, 0.29) is 18.3 Å². The number of amides is 2. The molecule has 9 nitrogen and oxygen atoms in total. The molecule has 1 aromatic heterocycles. The standard InChI is InChI=1S/C19H21N5O4/c1-2-3-10-20-19(25)21-18-16-11-15(8-9-17(16)22-23-18)28-12-13-4-6-14(7-5-13)24(26)27/h4-9,11H,2-3,10,12H2,1H3,(H3,20,21,22,23,25). The molecule has 0 radical (unpaired) electrons. The largest absolute Gasteiger partial charge is 0.489 e. The van der Waals surface area contributed by atoms with Crippen molar-refractivity contribution in [3.63, 3.8) is 0 Å². The van der Waals surface area contributed by atoms with Crippen LogP contribution >= 0.6 is 0 Å². The molecule has 1 heterocycles. The van der Waals surface area contributed by atoms with Crippen molar-refractivity contribution >= 4 is 28.4 Å². The molecule has 0 aliphatic carbocycles. The number of ether oxygens (including phenoxy) is 1. The zero-order valence-corrected chi connectivity index (χ0v) is 15.4. The molecule has 0 atom stereocenters.